The van der Waals surface area contributed by atoms with Crippen molar-refractivity contribution in [2.45, 2.75) is 39.0 Å². The molecule has 1 aliphatic heterocycles. The summed E-state index contributed by atoms with van der Waals surface area (Å²) in [7, 11) is 0. The molecule has 1 aromatic heterocycles. The summed E-state index contributed by atoms with van der Waals surface area (Å²) in [4.78, 5) is 70.8. The molecule has 0 saturated carbocycles. The summed E-state index contributed by atoms with van der Waals surface area (Å²) in [5, 5.41) is 6.58. The van der Waals surface area contributed by atoms with E-state index in [1.165, 1.54) is 26.0 Å². The van der Waals surface area contributed by atoms with E-state index in [9.17, 15) is 28.4 Å². The molecule has 0 radical (unpaired) electrons. The van der Waals surface area contributed by atoms with E-state index in [0.717, 1.165) is 22.9 Å². The van der Waals surface area contributed by atoms with Crippen LogP contribution < -0.4 is 21.5 Å². The van der Waals surface area contributed by atoms with Crippen LogP contribution in [-0.4, -0.2) is 89.5 Å². The Morgan fingerprint density at radius 1 is 1.02 bits per heavy atom. The van der Waals surface area contributed by atoms with Crippen molar-refractivity contribution in [3.63, 3.8) is 0 Å². The predicted octanol–water partition coefficient (Wildman–Crippen LogP) is 2.59. The maximum absolute atomic E-state index is 15.1. The standard InChI is InChI=1S/C33H37F3N6O7/c1-21(2)27(28(44)33(35,36)31(46)37-12-13-41-14-16-48-17-15-41)40-26(43)19-42-29(23-8-10-24(34)11-9-23)38-18-25(30(42)45)39-32(47)49-20-22-6-4-3-5-7-22/h3-11,18,21,27H,12-17,19-20H2,1-2H3,(H,37,46)(H,39,47)(H,40,43). The van der Waals surface area contributed by atoms with E-state index in [1.54, 1.807) is 30.3 Å². The number of alkyl halides is 2. The number of carbonyl (C=O) groups excluding carboxylic acids is 4. The van der Waals surface area contributed by atoms with E-state index >= 15 is 8.78 Å². The van der Waals surface area contributed by atoms with Crippen molar-refractivity contribution < 1.29 is 41.8 Å². The summed E-state index contributed by atoms with van der Waals surface area (Å²) >= 11 is 0. The number of rotatable bonds is 14. The van der Waals surface area contributed by atoms with Gasteiger partial charge in [0.1, 0.15) is 30.5 Å². The monoisotopic (exact) mass is 686 g/mol. The van der Waals surface area contributed by atoms with E-state index in [0.29, 0.717) is 31.9 Å². The summed E-state index contributed by atoms with van der Waals surface area (Å²) in [6, 6.07) is 11.7. The van der Waals surface area contributed by atoms with Crippen molar-refractivity contribution in [3.8, 4) is 11.4 Å². The Hall–Kier alpha value is -5.09. The molecule has 16 heteroatoms. The number of nitrogens with zero attached hydrogens (tertiary/aromatic N) is 3. The van der Waals surface area contributed by atoms with Crippen molar-refractivity contribution in [2.24, 2.45) is 5.92 Å². The second-order valence-corrected chi connectivity index (χ2v) is 11.5. The SMILES string of the molecule is CC(C)C(NC(=O)Cn1c(-c2ccc(F)cc2)ncc(NC(=O)OCc2ccccc2)c1=O)C(=O)C(F)(F)C(=O)NCCN1CCOCC1. The molecule has 1 atom stereocenters. The van der Waals surface area contributed by atoms with Gasteiger partial charge in [-0.05, 0) is 35.7 Å². The zero-order valence-electron chi connectivity index (χ0n) is 26.9. The van der Waals surface area contributed by atoms with Gasteiger partial charge >= 0.3 is 12.0 Å². The van der Waals surface area contributed by atoms with E-state index in [4.69, 9.17) is 9.47 Å². The highest BCUT2D eigenvalue weighted by atomic mass is 19.3. The number of anilines is 1. The van der Waals surface area contributed by atoms with Gasteiger partial charge in [-0.3, -0.25) is 34.0 Å². The Labute approximate surface area is 279 Å². The van der Waals surface area contributed by atoms with Gasteiger partial charge < -0.3 is 20.1 Å². The first-order chi connectivity index (χ1) is 23.4. The lowest BCUT2D eigenvalue weighted by Gasteiger charge is -2.27. The maximum Gasteiger partial charge on any atom is 0.412 e. The number of ether oxygens (including phenoxy) is 2. The van der Waals surface area contributed by atoms with E-state index in [-0.39, 0.29) is 36.8 Å². The summed E-state index contributed by atoms with van der Waals surface area (Å²) in [5.74, 6) is -10.8. The highest BCUT2D eigenvalue weighted by molar-refractivity contribution is 6.10. The van der Waals surface area contributed by atoms with Crippen LogP contribution in [-0.2, 0) is 37.0 Å². The Morgan fingerprint density at radius 3 is 2.35 bits per heavy atom. The molecule has 2 heterocycles. The molecule has 262 valence electrons. The zero-order chi connectivity index (χ0) is 35.6. The minimum atomic E-state index is -4.48. The third-order valence-corrected chi connectivity index (χ3v) is 7.58. The van der Waals surface area contributed by atoms with Gasteiger partial charge in [-0.25, -0.2) is 14.2 Å². The lowest BCUT2D eigenvalue weighted by Crippen LogP contribution is -2.57. The van der Waals surface area contributed by atoms with Gasteiger partial charge in [0.25, 0.3) is 11.5 Å². The number of aromatic nitrogens is 2. The molecule has 13 nitrogen and oxygen atoms in total. The lowest BCUT2D eigenvalue weighted by molar-refractivity contribution is -0.161. The number of halogens is 3. The highest BCUT2D eigenvalue weighted by Gasteiger charge is 2.51. The highest BCUT2D eigenvalue weighted by Crippen LogP contribution is 2.22. The molecular weight excluding hydrogens is 649 g/mol. The molecule has 3 amide bonds. The molecule has 0 aliphatic carbocycles. The van der Waals surface area contributed by atoms with Crippen LogP contribution >= 0.6 is 0 Å². The molecule has 0 bridgehead atoms. The van der Waals surface area contributed by atoms with Crippen LogP contribution in [0.1, 0.15) is 19.4 Å². The quantitative estimate of drug-likeness (QED) is 0.217. The van der Waals surface area contributed by atoms with Crippen molar-refractivity contribution in [1.82, 2.24) is 25.1 Å². The van der Waals surface area contributed by atoms with Crippen molar-refractivity contribution in [3.05, 3.63) is 82.5 Å². The fourth-order valence-electron chi connectivity index (χ4n) is 4.89. The Kier molecular flexibility index (Phi) is 12.6. The molecular formula is C33H37F3N6O7. The molecule has 3 aromatic rings. The number of nitrogens with one attached hydrogen (secondary N) is 3. The summed E-state index contributed by atoms with van der Waals surface area (Å²) < 4.78 is 55.1. The van der Waals surface area contributed by atoms with E-state index in [2.05, 4.69) is 20.9 Å². The number of hydrogen-bond donors (Lipinski definition) is 3. The molecule has 3 N–H and O–H groups in total. The fraction of sp³-hybridized carbons (Fsp3) is 0.394. The number of amides is 3. The first kappa shape index (κ1) is 36.7. The van der Waals surface area contributed by atoms with Crippen LogP contribution in [0, 0.1) is 11.7 Å². The number of ketones is 1. The second kappa shape index (κ2) is 16.8. The average molecular weight is 687 g/mol. The van der Waals surface area contributed by atoms with Crippen LogP contribution in [0.3, 0.4) is 0 Å². The normalized spacial score (nSPS) is 14.2. The van der Waals surface area contributed by atoms with Gasteiger partial charge in [-0.1, -0.05) is 44.2 Å². The van der Waals surface area contributed by atoms with Gasteiger partial charge in [-0.2, -0.15) is 8.78 Å². The van der Waals surface area contributed by atoms with Crippen LogP contribution in [0.4, 0.5) is 23.7 Å². The molecule has 1 fully saturated rings. The number of hydrogen-bond acceptors (Lipinski definition) is 9. The minimum absolute atomic E-state index is 0.106. The van der Waals surface area contributed by atoms with Crippen LogP contribution in [0.15, 0.2) is 65.6 Å². The predicted molar refractivity (Wildman–Crippen MR) is 171 cm³/mol. The number of Topliss-reactive ketones (excluding diaryl/α,β-unsaturated/α-hetero) is 1. The maximum atomic E-state index is 15.1. The Bertz CT molecular complexity index is 1680. The zero-order valence-corrected chi connectivity index (χ0v) is 26.9. The lowest BCUT2D eigenvalue weighted by atomic mass is 9.95. The van der Waals surface area contributed by atoms with Gasteiger partial charge in [0.05, 0.1) is 25.5 Å². The summed E-state index contributed by atoms with van der Waals surface area (Å²) in [5.41, 5.74) is -0.421. The Morgan fingerprint density at radius 2 is 1.69 bits per heavy atom. The third kappa shape index (κ3) is 9.96. The number of morpholine rings is 1. The molecule has 1 unspecified atom stereocenters. The van der Waals surface area contributed by atoms with E-state index in [1.807, 2.05) is 4.90 Å². The van der Waals surface area contributed by atoms with E-state index < -0.39 is 59.5 Å². The van der Waals surface area contributed by atoms with Crippen LogP contribution in [0.2, 0.25) is 0 Å². The van der Waals surface area contributed by atoms with Crippen LogP contribution in [0.5, 0.6) is 0 Å². The second-order valence-electron chi connectivity index (χ2n) is 11.5. The van der Waals surface area contributed by atoms with Crippen molar-refractivity contribution >= 4 is 29.4 Å². The largest absolute Gasteiger partial charge is 0.444 e. The molecule has 49 heavy (non-hydrogen) atoms. The van der Waals surface area contributed by atoms with Crippen LogP contribution in [0.25, 0.3) is 11.4 Å². The third-order valence-electron chi connectivity index (χ3n) is 7.58. The van der Waals surface area contributed by atoms with Crippen molar-refractivity contribution in [1.29, 1.82) is 0 Å². The van der Waals surface area contributed by atoms with Crippen molar-refractivity contribution in [2.75, 3.05) is 44.7 Å². The summed E-state index contributed by atoms with van der Waals surface area (Å²) in [6.07, 6.45) is 0.0296. The molecule has 1 saturated heterocycles. The summed E-state index contributed by atoms with van der Waals surface area (Å²) in [6.45, 7) is 4.11. The number of benzene rings is 2. The van der Waals surface area contributed by atoms with Gasteiger partial charge in [0, 0.05) is 31.7 Å². The molecule has 2 aromatic carbocycles. The molecule has 1 aliphatic rings. The number of carbonyl (C=O) groups is 4. The average Bonchev–Trinajstić information content (AvgIpc) is 3.09. The first-order valence-electron chi connectivity index (χ1n) is 15.5. The van der Waals surface area contributed by atoms with Gasteiger partial charge in [0.2, 0.25) is 11.7 Å². The van der Waals surface area contributed by atoms with Gasteiger partial charge in [0.15, 0.2) is 0 Å². The fourth-order valence-corrected chi connectivity index (χ4v) is 4.89. The topological polar surface area (TPSA) is 161 Å². The van der Waals surface area contributed by atoms with Gasteiger partial charge in [-0.15, -0.1) is 0 Å². The minimum Gasteiger partial charge on any atom is -0.444 e. The molecule has 0 spiro atoms. The molecule has 4 rings (SSSR count). The first-order valence-corrected chi connectivity index (χ1v) is 15.5. The Balaban J connectivity index is 1.49. The smallest absolute Gasteiger partial charge is 0.412 e.